The first-order chi connectivity index (χ1) is 33.1. The van der Waals surface area contributed by atoms with Crippen LogP contribution in [0.2, 0.25) is 0 Å². The van der Waals surface area contributed by atoms with Crippen LogP contribution in [-0.4, -0.2) is 126 Å². The van der Waals surface area contributed by atoms with Gasteiger partial charge < -0.3 is 55.7 Å². The maximum atomic E-state index is 14.6. The molecule has 19 nitrogen and oxygen atoms in total. The zero-order valence-electron chi connectivity index (χ0n) is 43.8. The molecule has 1 saturated heterocycles. The Labute approximate surface area is 419 Å². The van der Waals surface area contributed by atoms with Gasteiger partial charge in [-0.15, -0.1) is 0 Å². The molecule has 394 valence electrons. The van der Waals surface area contributed by atoms with Crippen LogP contribution in [0.5, 0.6) is 0 Å². The third-order valence-corrected chi connectivity index (χ3v) is 10.7. The highest BCUT2D eigenvalue weighted by atomic mass is 16.6. The molecule has 1 heterocycles. The van der Waals surface area contributed by atoms with E-state index in [1.54, 1.807) is 118 Å². The Balaban J connectivity index is 1.95. The highest BCUT2D eigenvalue weighted by Gasteiger charge is 2.50. The van der Waals surface area contributed by atoms with Crippen molar-refractivity contribution in [3.8, 4) is 0 Å². The molecule has 2 aromatic carbocycles. The van der Waals surface area contributed by atoms with Gasteiger partial charge >= 0.3 is 24.2 Å². The van der Waals surface area contributed by atoms with Crippen LogP contribution in [0.15, 0.2) is 60.7 Å². The van der Waals surface area contributed by atoms with Gasteiger partial charge in [-0.25, -0.2) is 19.2 Å². The average Bonchev–Trinajstić information content (AvgIpc) is 3.68. The number of amides is 7. The summed E-state index contributed by atoms with van der Waals surface area (Å²) < 4.78 is 21.6. The molecule has 0 radical (unpaired) electrons. The minimum absolute atomic E-state index is 0.00263. The Hall–Kier alpha value is -6.40. The second-order valence-electron chi connectivity index (χ2n) is 21.3. The average molecular weight is 994 g/mol. The molecule has 19 heteroatoms. The third kappa shape index (κ3) is 21.6. The summed E-state index contributed by atoms with van der Waals surface area (Å²) in [6.45, 7) is 20.6. The second kappa shape index (κ2) is 26.7. The molecule has 0 saturated carbocycles. The number of ether oxygens (including phenoxy) is 4. The van der Waals surface area contributed by atoms with E-state index in [-0.39, 0.29) is 64.3 Å². The number of benzene rings is 2. The van der Waals surface area contributed by atoms with Gasteiger partial charge in [0.2, 0.25) is 23.6 Å². The molecule has 0 bridgehead atoms. The lowest BCUT2D eigenvalue weighted by molar-refractivity contribution is -0.151. The van der Waals surface area contributed by atoms with Crippen LogP contribution in [0.3, 0.4) is 0 Å². The molecule has 2 aromatic rings. The molecule has 1 fully saturated rings. The summed E-state index contributed by atoms with van der Waals surface area (Å²) >= 11 is 0. The normalized spacial score (nSPS) is 16.5. The van der Waals surface area contributed by atoms with Gasteiger partial charge in [-0.1, -0.05) is 74.5 Å². The summed E-state index contributed by atoms with van der Waals surface area (Å²) in [7, 11) is 0. The van der Waals surface area contributed by atoms with E-state index in [1.165, 1.54) is 4.90 Å². The van der Waals surface area contributed by atoms with E-state index in [9.17, 15) is 38.4 Å². The fraction of sp³-hybridized carbons (Fsp3) is 0.615. The number of esters is 1. The molecule has 1 aliphatic heterocycles. The van der Waals surface area contributed by atoms with E-state index in [4.69, 9.17) is 18.9 Å². The minimum atomic E-state index is -1.64. The number of carbonyl (C=O) groups is 8. The molecular formula is C52H79N7O12. The van der Waals surface area contributed by atoms with Crippen molar-refractivity contribution in [2.45, 2.75) is 175 Å². The molecule has 1 unspecified atom stereocenters. The first-order valence-electron chi connectivity index (χ1n) is 24.5. The molecular weight excluding hydrogens is 915 g/mol. The van der Waals surface area contributed by atoms with Gasteiger partial charge in [0.25, 0.3) is 0 Å². The Kier molecular flexibility index (Phi) is 22.2. The van der Waals surface area contributed by atoms with Crippen LogP contribution in [0.1, 0.15) is 126 Å². The van der Waals surface area contributed by atoms with E-state index in [1.807, 2.05) is 26.0 Å². The molecule has 0 spiro atoms. The van der Waals surface area contributed by atoms with E-state index >= 15 is 0 Å². The van der Waals surface area contributed by atoms with E-state index < -0.39 is 94.4 Å². The second-order valence-corrected chi connectivity index (χ2v) is 21.3. The number of unbranched alkanes of at least 4 members (excludes halogenated alkanes) is 1. The first kappa shape index (κ1) is 58.9. The van der Waals surface area contributed by atoms with Gasteiger partial charge in [0.05, 0.1) is 13.2 Å². The van der Waals surface area contributed by atoms with Crippen LogP contribution in [0.25, 0.3) is 0 Å². The first-order valence-corrected chi connectivity index (χ1v) is 24.5. The number of hydrogen-bond donors (Lipinski definition) is 6. The maximum Gasteiger partial charge on any atom is 0.408 e. The maximum absolute atomic E-state index is 14.6. The Morgan fingerprint density at radius 2 is 1.07 bits per heavy atom. The Bertz CT molecular complexity index is 2100. The number of nitrogens with one attached hydrogen (secondary N) is 6. The van der Waals surface area contributed by atoms with Gasteiger partial charge in [-0.3, -0.25) is 19.2 Å². The van der Waals surface area contributed by atoms with E-state index in [0.717, 1.165) is 5.56 Å². The predicted molar refractivity (Wildman–Crippen MR) is 267 cm³/mol. The quantitative estimate of drug-likeness (QED) is 0.0478. The molecule has 1 aliphatic rings. The summed E-state index contributed by atoms with van der Waals surface area (Å²) in [5.41, 5.74) is -2.66. The van der Waals surface area contributed by atoms with Crippen molar-refractivity contribution < 1.29 is 57.3 Å². The zero-order valence-corrected chi connectivity index (χ0v) is 43.8. The van der Waals surface area contributed by atoms with Crippen molar-refractivity contribution in [2.24, 2.45) is 5.92 Å². The molecule has 6 N–H and O–H groups in total. The monoisotopic (exact) mass is 994 g/mol. The van der Waals surface area contributed by atoms with Gasteiger partial charge in [-0.05, 0) is 112 Å². The fourth-order valence-electron chi connectivity index (χ4n) is 7.63. The highest BCUT2D eigenvalue weighted by molar-refractivity contribution is 5.96. The lowest BCUT2D eigenvalue weighted by Crippen LogP contribution is -2.60. The lowest BCUT2D eigenvalue weighted by Gasteiger charge is -2.31. The van der Waals surface area contributed by atoms with E-state index in [0.29, 0.717) is 18.4 Å². The molecule has 7 amide bonds. The predicted octanol–water partition coefficient (Wildman–Crippen LogP) is 5.62. The molecule has 71 heavy (non-hydrogen) atoms. The van der Waals surface area contributed by atoms with E-state index in [2.05, 4.69) is 31.9 Å². The summed E-state index contributed by atoms with van der Waals surface area (Å²) in [6.07, 6.45) is -1.25. The summed E-state index contributed by atoms with van der Waals surface area (Å²) in [6, 6.07) is 13.2. The molecule has 5 atom stereocenters. The highest BCUT2D eigenvalue weighted by Crippen LogP contribution is 2.26. The Morgan fingerprint density at radius 1 is 0.606 bits per heavy atom. The number of alkyl carbamates (subject to hydrolysis) is 3. The number of likely N-dealkylation sites (tertiary alicyclic amines) is 1. The number of carbonyl (C=O) groups excluding carboxylic acids is 8. The van der Waals surface area contributed by atoms with Crippen molar-refractivity contribution in [2.75, 3.05) is 26.2 Å². The van der Waals surface area contributed by atoms with Gasteiger partial charge in [0.15, 0.2) is 5.54 Å². The number of nitrogens with zero attached hydrogens (tertiary/aromatic N) is 1. The van der Waals surface area contributed by atoms with Crippen molar-refractivity contribution >= 4 is 47.9 Å². The molecule has 0 aliphatic carbocycles. The van der Waals surface area contributed by atoms with Crippen molar-refractivity contribution in [1.29, 1.82) is 0 Å². The van der Waals surface area contributed by atoms with Crippen molar-refractivity contribution in [3.05, 3.63) is 71.8 Å². The third-order valence-electron chi connectivity index (χ3n) is 10.7. The lowest BCUT2D eigenvalue weighted by atomic mass is 9.99. The van der Waals surface area contributed by atoms with Gasteiger partial charge in [0.1, 0.15) is 41.0 Å². The van der Waals surface area contributed by atoms with Crippen LogP contribution >= 0.6 is 0 Å². The fourth-order valence-corrected chi connectivity index (χ4v) is 7.63. The smallest absolute Gasteiger partial charge is 0.408 e. The standard InChI is InChI=1S/C52H79N7O12/c1-13-68-45(64)52(58-48(67)71-51(10,11)12)27-29-59(33-52)44(63)37(26-20-21-28-53-46(65)69-49(4,5)6)54-41(60)38(30-34(2)3)55-42(61)39(31-35-22-16-14-17-23-35)56-43(62)40(32-36-24-18-15-19-25-36)57-47(66)70-50(7,8)9/h14-19,22-25,34,37-40H,13,20-21,26-33H2,1-12H3,(H,53,65)(H,54,60)(H,55,61)(H,56,62)(H,57,66)(H,58,67)/t37-,38-,39-,40-,52?/m1/s1. The molecule has 0 aromatic heterocycles. The van der Waals surface area contributed by atoms with Crippen molar-refractivity contribution in [3.63, 3.8) is 0 Å². The largest absolute Gasteiger partial charge is 0.464 e. The zero-order chi connectivity index (χ0) is 53.2. The topological polar surface area (TPSA) is 249 Å². The Morgan fingerprint density at radius 3 is 1.58 bits per heavy atom. The number of hydrogen-bond acceptors (Lipinski definition) is 12. The SMILES string of the molecule is CCOC(=O)C1(NC(=O)OC(C)(C)C)CCN(C(=O)[C@@H](CCCCNC(=O)OC(C)(C)C)NC(=O)[C@@H](CC(C)C)NC(=O)[C@@H](Cc2ccccc2)NC(=O)[C@@H](Cc2ccccc2)NC(=O)OC(C)(C)C)C1. The minimum Gasteiger partial charge on any atom is -0.464 e. The summed E-state index contributed by atoms with van der Waals surface area (Å²) in [4.78, 5) is 111. The van der Waals surface area contributed by atoms with Crippen LogP contribution < -0.4 is 31.9 Å². The summed E-state index contributed by atoms with van der Waals surface area (Å²) in [5.74, 6) is -3.49. The summed E-state index contributed by atoms with van der Waals surface area (Å²) in [5, 5.41) is 16.6. The van der Waals surface area contributed by atoms with Gasteiger partial charge in [0, 0.05) is 32.4 Å². The number of rotatable bonds is 22. The van der Waals surface area contributed by atoms with Crippen LogP contribution in [0, 0.1) is 5.92 Å². The van der Waals surface area contributed by atoms with Crippen molar-refractivity contribution in [1.82, 2.24) is 36.8 Å². The van der Waals surface area contributed by atoms with Gasteiger partial charge in [-0.2, -0.15) is 0 Å². The van der Waals surface area contributed by atoms with Crippen LogP contribution in [-0.2, 0) is 55.8 Å². The van der Waals surface area contributed by atoms with Crippen LogP contribution in [0.4, 0.5) is 14.4 Å². The molecule has 3 rings (SSSR count).